The summed E-state index contributed by atoms with van der Waals surface area (Å²) in [5.74, 6) is 0.879. The van der Waals surface area contributed by atoms with Crippen LogP contribution in [-0.4, -0.2) is 30.9 Å². The minimum Gasteiger partial charge on any atom is -0.366 e. The van der Waals surface area contributed by atoms with E-state index in [9.17, 15) is 4.79 Å². The van der Waals surface area contributed by atoms with E-state index in [2.05, 4.69) is 27.2 Å². The molecule has 2 N–H and O–H groups in total. The van der Waals surface area contributed by atoms with Gasteiger partial charge in [-0.1, -0.05) is 12.1 Å². The zero-order valence-corrected chi connectivity index (χ0v) is 11.5. The Morgan fingerprint density at radius 3 is 2.86 bits per heavy atom. The number of hydrogen-bond acceptors (Lipinski definition) is 5. The molecule has 0 bridgehead atoms. The maximum atomic E-state index is 11.3. The fourth-order valence-electron chi connectivity index (χ4n) is 2.14. The van der Waals surface area contributed by atoms with E-state index in [1.807, 2.05) is 0 Å². The van der Waals surface area contributed by atoms with E-state index in [0.717, 1.165) is 18.2 Å². The van der Waals surface area contributed by atoms with Gasteiger partial charge in [0.25, 0.3) is 0 Å². The van der Waals surface area contributed by atoms with Gasteiger partial charge in [-0.05, 0) is 24.6 Å². The Bertz CT molecular complexity index is 797. The molecule has 0 saturated heterocycles. The number of aryl methyl sites for hydroxylation is 1. The molecule has 0 radical (unpaired) electrons. The first kappa shape index (κ1) is 13.2. The third-order valence-corrected chi connectivity index (χ3v) is 3.12. The van der Waals surface area contributed by atoms with Gasteiger partial charge in [-0.2, -0.15) is 0 Å². The molecule has 21 heavy (non-hydrogen) atoms. The number of hydrogen-bond donors (Lipinski definition) is 1. The van der Waals surface area contributed by atoms with Gasteiger partial charge in [0.2, 0.25) is 5.91 Å². The van der Waals surface area contributed by atoms with Crippen LogP contribution in [0.3, 0.4) is 0 Å². The van der Waals surface area contributed by atoms with Crippen molar-refractivity contribution in [2.24, 2.45) is 5.73 Å². The second-order valence-corrected chi connectivity index (χ2v) is 4.66. The monoisotopic (exact) mass is 282 g/mol. The van der Waals surface area contributed by atoms with Gasteiger partial charge in [-0.15, -0.1) is 5.10 Å². The van der Waals surface area contributed by atoms with Gasteiger partial charge < -0.3 is 5.73 Å². The minimum absolute atomic E-state index is 0.424. The Morgan fingerprint density at radius 1 is 1.33 bits per heavy atom. The van der Waals surface area contributed by atoms with Crippen LogP contribution in [0.2, 0.25) is 0 Å². The third-order valence-electron chi connectivity index (χ3n) is 3.12. The summed E-state index contributed by atoms with van der Waals surface area (Å²) < 4.78 is 1.59. The number of primary amides is 1. The van der Waals surface area contributed by atoms with Gasteiger partial charge in [0.15, 0.2) is 5.82 Å². The van der Waals surface area contributed by atoms with Gasteiger partial charge >= 0.3 is 0 Å². The predicted octanol–water partition coefficient (Wildman–Crippen LogP) is 1.26. The zero-order chi connectivity index (χ0) is 14.8. The van der Waals surface area contributed by atoms with Crippen molar-refractivity contribution in [1.82, 2.24) is 25.0 Å². The molecule has 0 saturated carbocycles. The van der Waals surface area contributed by atoms with Crippen LogP contribution in [0.1, 0.15) is 29.5 Å². The van der Waals surface area contributed by atoms with E-state index >= 15 is 0 Å². The molecule has 0 aliphatic rings. The SMILES string of the molecule is CCCc1nc(-n2ccnn2)c2ccc(C(N)=O)cc2n1. The quantitative estimate of drug-likeness (QED) is 0.776. The van der Waals surface area contributed by atoms with E-state index in [0.29, 0.717) is 22.7 Å². The highest BCUT2D eigenvalue weighted by Gasteiger charge is 2.12. The summed E-state index contributed by atoms with van der Waals surface area (Å²) in [7, 11) is 0. The lowest BCUT2D eigenvalue weighted by Crippen LogP contribution is -2.11. The molecule has 3 aromatic rings. The average molecular weight is 282 g/mol. The first-order valence-corrected chi connectivity index (χ1v) is 6.66. The van der Waals surface area contributed by atoms with E-state index < -0.39 is 5.91 Å². The summed E-state index contributed by atoms with van der Waals surface area (Å²) in [6.45, 7) is 2.06. The summed E-state index contributed by atoms with van der Waals surface area (Å²) in [5, 5.41) is 8.58. The smallest absolute Gasteiger partial charge is 0.248 e. The maximum absolute atomic E-state index is 11.3. The van der Waals surface area contributed by atoms with Crippen LogP contribution in [-0.2, 0) is 6.42 Å². The first-order valence-electron chi connectivity index (χ1n) is 6.66. The van der Waals surface area contributed by atoms with Crippen LogP contribution >= 0.6 is 0 Å². The summed E-state index contributed by atoms with van der Waals surface area (Å²) in [6.07, 6.45) is 4.99. The van der Waals surface area contributed by atoms with Crippen molar-refractivity contribution in [1.29, 1.82) is 0 Å². The summed E-state index contributed by atoms with van der Waals surface area (Å²) in [5.41, 5.74) is 6.42. The van der Waals surface area contributed by atoms with E-state index in [1.165, 1.54) is 0 Å². The van der Waals surface area contributed by atoms with Gasteiger partial charge in [0, 0.05) is 17.4 Å². The highest BCUT2D eigenvalue weighted by atomic mass is 16.1. The molecule has 0 fully saturated rings. The first-order chi connectivity index (χ1) is 10.2. The lowest BCUT2D eigenvalue weighted by atomic mass is 10.1. The number of fused-ring (bicyclic) bond motifs is 1. The van der Waals surface area contributed by atoms with Crippen molar-refractivity contribution in [2.45, 2.75) is 19.8 Å². The number of carbonyl (C=O) groups is 1. The average Bonchev–Trinajstić information content (AvgIpc) is 3.00. The molecule has 106 valence electrons. The highest BCUT2D eigenvalue weighted by molar-refractivity contribution is 5.97. The van der Waals surface area contributed by atoms with Crippen LogP contribution in [0.15, 0.2) is 30.6 Å². The van der Waals surface area contributed by atoms with Crippen molar-refractivity contribution in [2.75, 3.05) is 0 Å². The molecule has 0 aliphatic heterocycles. The molecule has 1 aromatic carbocycles. The largest absolute Gasteiger partial charge is 0.366 e. The van der Waals surface area contributed by atoms with Crippen molar-refractivity contribution in [3.63, 3.8) is 0 Å². The molecule has 2 heterocycles. The molecular weight excluding hydrogens is 268 g/mol. The molecule has 0 unspecified atom stereocenters. The third kappa shape index (κ3) is 2.45. The van der Waals surface area contributed by atoms with Crippen molar-refractivity contribution in [3.8, 4) is 5.82 Å². The lowest BCUT2D eigenvalue weighted by Gasteiger charge is -2.08. The number of aromatic nitrogens is 5. The standard InChI is InChI=1S/C14H14N6O/c1-2-3-12-17-11-8-9(13(15)21)4-5-10(11)14(18-12)20-7-6-16-19-20/h4-8H,2-3H2,1H3,(H2,15,21). The molecule has 0 aliphatic carbocycles. The zero-order valence-electron chi connectivity index (χ0n) is 11.5. The number of amides is 1. The molecule has 0 spiro atoms. The predicted molar refractivity (Wildman–Crippen MR) is 77.0 cm³/mol. The minimum atomic E-state index is -0.477. The number of rotatable bonds is 4. The Morgan fingerprint density at radius 2 is 2.19 bits per heavy atom. The summed E-state index contributed by atoms with van der Waals surface area (Å²) in [6, 6.07) is 5.12. The summed E-state index contributed by atoms with van der Waals surface area (Å²) >= 11 is 0. The number of nitrogens with zero attached hydrogens (tertiary/aromatic N) is 5. The molecule has 0 atom stereocenters. The molecule has 2 aromatic heterocycles. The normalized spacial score (nSPS) is 10.9. The molecule has 3 rings (SSSR count). The Kier molecular flexibility index (Phi) is 3.31. The fourth-order valence-corrected chi connectivity index (χ4v) is 2.14. The van der Waals surface area contributed by atoms with Crippen LogP contribution in [0, 0.1) is 0 Å². The molecule has 7 heteroatoms. The van der Waals surface area contributed by atoms with E-state index in [4.69, 9.17) is 5.73 Å². The number of benzene rings is 1. The van der Waals surface area contributed by atoms with Gasteiger partial charge in [-0.25, -0.2) is 14.6 Å². The topological polar surface area (TPSA) is 99.6 Å². The van der Waals surface area contributed by atoms with E-state index in [1.54, 1.807) is 35.3 Å². The Hall–Kier alpha value is -2.83. The van der Waals surface area contributed by atoms with Gasteiger partial charge in [0.05, 0.1) is 17.9 Å². The second-order valence-electron chi connectivity index (χ2n) is 4.66. The maximum Gasteiger partial charge on any atom is 0.248 e. The lowest BCUT2D eigenvalue weighted by molar-refractivity contribution is 0.100. The van der Waals surface area contributed by atoms with Crippen molar-refractivity contribution in [3.05, 3.63) is 42.0 Å². The van der Waals surface area contributed by atoms with Gasteiger partial charge in [0.1, 0.15) is 5.82 Å². The van der Waals surface area contributed by atoms with Crippen molar-refractivity contribution >= 4 is 16.8 Å². The highest BCUT2D eigenvalue weighted by Crippen LogP contribution is 2.20. The Balaban J connectivity index is 2.27. The molecule has 7 nitrogen and oxygen atoms in total. The van der Waals surface area contributed by atoms with Crippen LogP contribution < -0.4 is 5.73 Å². The summed E-state index contributed by atoms with van der Waals surface area (Å²) in [4.78, 5) is 20.4. The second kappa shape index (κ2) is 5.28. The van der Waals surface area contributed by atoms with Crippen LogP contribution in [0.25, 0.3) is 16.7 Å². The molecular formula is C14H14N6O. The van der Waals surface area contributed by atoms with Crippen LogP contribution in [0.5, 0.6) is 0 Å². The van der Waals surface area contributed by atoms with E-state index in [-0.39, 0.29) is 0 Å². The Labute approximate surface area is 120 Å². The number of carbonyl (C=O) groups excluding carboxylic acids is 1. The fraction of sp³-hybridized carbons (Fsp3) is 0.214. The molecule has 1 amide bonds. The van der Waals surface area contributed by atoms with Crippen molar-refractivity contribution < 1.29 is 4.79 Å². The van der Waals surface area contributed by atoms with Gasteiger partial charge in [-0.3, -0.25) is 4.79 Å². The number of nitrogens with two attached hydrogens (primary N) is 1. The van der Waals surface area contributed by atoms with Crippen LogP contribution in [0.4, 0.5) is 0 Å².